The largest absolute Gasteiger partial charge is 0.396 e. The summed E-state index contributed by atoms with van der Waals surface area (Å²) in [6, 6.07) is 31.5. The van der Waals surface area contributed by atoms with E-state index in [1.807, 2.05) is 32.2 Å². The van der Waals surface area contributed by atoms with Crippen molar-refractivity contribution in [2.24, 2.45) is 5.41 Å². The number of benzene rings is 2. The van der Waals surface area contributed by atoms with Gasteiger partial charge in [-0.2, -0.15) is 38.5 Å². The Morgan fingerprint density at radius 1 is 0.461 bits per heavy atom. The number of pyridine rings is 4. The van der Waals surface area contributed by atoms with Crippen molar-refractivity contribution in [2.45, 2.75) is 146 Å². The number of alkyl halides is 1. The number of carbonyl (C=O) groups is 4. The van der Waals surface area contributed by atoms with Crippen molar-refractivity contribution in [2.75, 3.05) is 124 Å². The number of aromatic nitrogens is 16. The Hall–Kier alpha value is -15.5. The standard InChI is InChI=1S/C25H33FN8O3.C25H35N7O4.2C23H22FN7O3/c1-27-22-14-21(31-23-17(15-28-34(22)23)24(35)30-18-5-6-20(18)37-2)29-19-4-3-10-33(25(19)36)16-7-11-32(12-8-16)13-9-26;1-25(2,15-33)14-27-23(34)18-13-28-32-21(26-3)12-20(30-22(18)32)29-19-9-6-10-31(24(19)35)16-7-5-8-17(11-16)36-4;1-25-20-11-19(27-17-6-3-9-30(23(17)34)14-5-2-4-13(24)10-14)29-21-15(12-26-31(20)21)22(33)28-16-7-8-18(16)32;1-25-20-11-19(27-16-6-4-10-30(23(16)34)17-7-3-2-5-14(17)24)29-21-13(12-26-31(20)21)22(33)28-15-8-9-18(15)32/h3-4,10,14-16,18,20,27H,5-9,11-13H2,1-2H3,(H,29,31)(H,30,35);6,9-10,12-13,16-17,26,33H,5,7-8,11,14-15H2,1-4H3,(H,27,34)(H,29,30);2-6,9-12,16,18,25,32H,7-8H2,1H3,(H,27,29)(H,28,33);2-7,10-12,15,18,25,32H,8-9H2,1H3,(H,27,29)(H,28,33)/t;16-,17-;16-,18-;15-,18-/m.010/s1. The molecule has 1 saturated heterocycles. The van der Waals surface area contributed by atoms with Crippen LogP contribution in [-0.4, -0.2) is 245 Å². The number of aliphatic hydroxyl groups is 3. The molecular formula is C96H112F3N29O13. The predicted molar refractivity (Wildman–Crippen MR) is 525 cm³/mol. The second-order valence-electron chi connectivity index (χ2n) is 35.5. The van der Waals surface area contributed by atoms with E-state index in [1.165, 1.54) is 84.0 Å². The summed E-state index contributed by atoms with van der Waals surface area (Å²) in [7, 11) is 10.2. The van der Waals surface area contributed by atoms with Gasteiger partial charge in [0, 0.05) is 142 Å². The van der Waals surface area contributed by atoms with E-state index in [-0.39, 0.29) is 118 Å². The van der Waals surface area contributed by atoms with Gasteiger partial charge in [-0.05, 0) is 156 Å². The molecule has 5 aliphatic rings. The van der Waals surface area contributed by atoms with Gasteiger partial charge in [-0.1, -0.05) is 32.0 Å². The normalized spacial score (nSPS) is 18.4. The lowest BCUT2D eigenvalue weighted by Crippen LogP contribution is -2.51. The van der Waals surface area contributed by atoms with E-state index in [1.54, 1.807) is 147 Å². The van der Waals surface area contributed by atoms with E-state index in [2.05, 4.69) is 109 Å². The third-order valence-electron chi connectivity index (χ3n) is 25.8. The summed E-state index contributed by atoms with van der Waals surface area (Å²) in [5, 5.41) is 82.0. The summed E-state index contributed by atoms with van der Waals surface area (Å²) < 4.78 is 63.6. The van der Waals surface area contributed by atoms with Gasteiger partial charge in [0.1, 0.15) is 110 Å². The number of ether oxygens (including phenoxy) is 2. The van der Waals surface area contributed by atoms with Gasteiger partial charge in [0.25, 0.3) is 45.9 Å². The van der Waals surface area contributed by atoms with E-state index >= 15 is 0 Å². The van der Waals surface area contributed by atoms with Crippen molar-refractivity contribution in [3.05, 3.63) is 246 Å². The molecule has 1 aliphatic heterocycles. The molecule has 4 aliphatic carbocycles. The molecule has 2 unspecified atom stereocenters. The molecule has 740 valence electrons. The molecule has 0 bridgehead atoms. The van der Waals surface area contributed by atoms with Crippen molar-refractivity contribution in [3.8, 4) is 11.4 Å². The minimum absolute atomic E-state index is 0.0139. The Labute approximate surface area is 804 Å². The minimum atomic E-state index is -0.557. The second-order valence-corrected chi connectivity index (χ2v) is 35.5. The van der Waals surface area contributed by atoms with Gasteiger partial charge >= 0.3 is 0 Å². The maximum atomic E-state index is 14.3. The summed E-state index contributed by atoms with van der Waals surface area (Å²) in [4.78, 5) is 125. The molecule has 2 aromatic carbocycles. The number of halogens is 3. The van der Waals surface area contributed by atoms with Gasteiger partial charge in [-0.15, -0.1) is 0 Å². The number of nitrogens with zero attached hydrogens (tertiary/aromatic N) is 17. The molecule has 4 amide bonds. The first-order valence-electron chi connectivity index (χ1n) is 46.4. The molecule has 5 fully saturated rings. The zero-order valence-corrected chi connectivity index (χ0v) is 78.8. The third-order valence-corrected chi connectivity index (χ3v) is 25.8. The zero-order chi connectivity index (χ0) is 99.5. The Morgan fingerprint density at radius 2 is 0.887 bits per heavy atom. The van der Waals surface area contributed by atoms with Crippen LogP contribution in [0, 0.1) is 17.0 Å². The Morgan fingerprint density at radius 3 is 1.29 bits per heavy atom. The Bertz CT molecular complexity index is 7170. The van der Waals surface area contributed by atoms with Crippen LogP contribution in [-0.2, 0) is 9.47 Å². The lowest BCUT2D eigenvalue weighted by molar-refractivity contribution is 0.00732. The van der Waals surface area contributed by atoms with Crippen LogP contribution < -0.4 is 86.0 Å². The average molecular weight is 1940 g/mol. The molecule has 0 radical (unpaired) electrons. The molecule has 141 heavy (non-hydrogen) atoms. The van der Waals surface area contributed by atoms with E-state index in [0.717, 1.165) is 64.5 Å². The van der Waals surface area contributed by atoms with Crippen molar-refractivity contribution >= 4 is 116 Å². The van der Waals surface area contributed by atoms with Gasteiger partial charge in [-0.3, -0.25) is 47.5 Å². The van der Waals surface area contributed by atoms with Crippen LogP contribution in [0.2, 0.25) is 0 Å². The summed E-state index contributed by atoms with van der Waals surface area (Å²) in [5.41, 5.74) is 2.45. The van der Waals surface area contributed by atoms with Gasteiger partial charge in [0.15, 0.2) is 22.6 Å². The van der Waals surface area contributed by atoms with Gasteiger partial charge < -0.3 is 103 Å². The molecule has 13 heterocycles. The van der Waals surface area contributed by atoms with E-state index in [9.17, 15) is 66.8 Å². The molecule has 19 rings (SSSR count). The monoisotopic (exact) mass is 1940 g/mol. The van der Waals surface area contributed by atoms with Crippen LogP contribution in [0.1, 0.15) is 144 Å². The number of fused-ring (bicyclic) bond motifs is 4. The number of carbonyl (C=O) groups excluding carboxylic acids is 4. The molecule has 4 saturated carbocycles. The Kier molecular flexibility index (Phi) is 30.6. The van der Waals surface area contributed by atoms with Crippen molar-refractivity contribution in [1.29, 1.82) is 0 Å². The molecule has 0 spiro atoms. The fourth-order valence-electron chi connectivity index (χ4n) is 17.2. The van der Waals surface area contributed by atoms with Crippen molar-refractivity contribution in [1.82, 2.24) is 103 Å². The highest BCUT2D eigenvalue weighted by Crippen LogP contribution is 2.34. The van der Waals surface area contributed by atoms with Crippen LogP contribution in [0.15, 0.2) is 190 Å². The lowest BCUT2D eigenvalue weighted by Gasteiger charge is -2.35. The van der Waals surface area contributed by atoms with E-state index in [0.29, 0.717) is 125 Å². The van der Waals surface area contributed by atoms with Gasteiger partial charge in [0.2, 0.25) is 0 Å². The predicted octanol–water partition coefficient (Wildman–Crippen LogP) is 8.86. The number of rotatable bonds is 30. The number of aliphatic hydroxyl groups excluding tert-OH is 3. The van der Waals surface area contributed by atoms with Crippen LogP contribution in [0.5, 0.6) is 0 Å². The van der Waals surface area contributed by atoms with Crippen LogP contribution in [0.4, 0.5) is 82.5 Å². The van der Waals surface area contributed by atoms with Crippen LogP contribution >= 0.6 is 0 Å². The molecule has 14 aromatic rings. The number of hydrogen-bond acceptors (Lipinski definition) is 30. The Balaban J connectivity index is 0.000000135. The number of methoxy groups -OCH3 is 2. The number of amides is 4. The SMILES string of the molecule is CNc1cc(Nc2cccn(-c3cccc(F)c3)c2=O)nc2c(C(=O)N[C@@H]3CC[C@H]3O)cnn12.CNc1cc(Nc2cccn(-c3ccccc3F)c2=O)nc2c(C(=O)N[C@H]3CC[C@@H]3O)cnn12.CNc1cc(Nc2cccn(C3CCN(CCF)CC3)c2=O)nc2c(C(=O)NC3CCC3OC)cnn12.CNc1cc(Nc2cccn([C@H]3CCC[C@H](OC)C3)c2=O)nc2c(C(=O)NCC(C)(C)CO)cnn12. The highest BCUT2D eigenvalue weighted by Gasteiger charge is 2.37. The van der Waals surface area contributed by atoms with Gasteiger partial charge in [0.05, 0.1) is 78.7 Å². The number of piperidine rings is 1. The average Bonchev–Trinajstić information content (AvgIpc) is 1.62. The number of nitrogens with one attached hydrogen (secondary N) is 12. The lowest BCUT2D eigenvalue weighted by atomic mass is 9.89. The van der Waals surface area contributed by atoms with Crippen LogP contribution in [0.3, 0.4) is 0 Å². The molecule has 15 N–H and O–H groups in total. The molecule has 8 atom stereocenters. The maximum absolute atomic E-state index is 14.3. The highest BCUT2D eigenvalue weighted by atomic mass is 19.1. The summed E-state index contributed by atoms with van der Waals surface area (Å²) in [5.74, 6) is 1.33. The van der Waals surface area contributed by atoms with Crippen LogP contribution in [0.25, 0.3) is 34.0 Å². The fourth-order valence-corrected chi connectivity index (χ4v) is 17.2. The van der Waals surface area contributed by atoms with E-state index < -0.39 is 52.2 Å². The number of anilines is 12. The molecule has 42 nitrogen and oxygen atoms in total. The smallest absolute Gasteiger partial charge is 0.278 e. The summed E-state index contributed by atoms with van der Waals surface area (Å²) >= 11 is 0. The fraction of sp³-hybridized carbons (Fsp3) is 0.375. The first kappa shape index (κ1) is 98.6. The number of para-hydroxylation sites is 1. The minimum Gasteiger partial charge on any atom is -0.396 e. The highest BCUT2D eigenvalue weighted by molar-refractivity contribution is 6.03. The topological polar surface area (TPSA) is 504 Å². The van der Waals surface area contributed by atoms with Crippen molar-refractivity contribution < 1.29 is 57.1 Å². The molecule has 45 heteroatoms. The third kappa shape index (κ3) is 21.9. The first-order valence-corrected chi connectivity index (χ1v) is 46.4. The molecular weight excluding hydrogens is 1820 g/mol. The van der Waals surface area contributed by atoms with Gasteiger partial charge in [-0.25, -0.2) is 33.1 Å². The summed E-state index contributed by atoms with van der Waals surface area (Å²) in [6.07, 6.45) is 21.3. The maximum Gasteiger partial charge on any atom is 0.278 e. The number of likely N-dealkylation sites (tertiary alicyclic amines) is 1. The number of hydrogen-bond donors (Lipinski definition) is 15. The first-order chi connectivity index (χ1) is 68.2. The van der Waals surface area contributed by atoms with Crippen molar-refractivity contribution in [3.63, 3.8) is 0 Å². The second kappa shape index (κ2) is 43.7. The summed E-state index contributed by atoms with van der Waals surface area (Å²) in [6.45, 7) is 5.57. The molecule has 12 aromatic heterocycles. The zero-order valence-electron chi connectivity index (χ0n) is 78.8. The van der Waals surface area contributed by atoms with E-state index in [4.69, 9.17) is 9.47 Å². The quantitative estimate of drug-likeness (QED) is 0.0200.